The average molecular weight is 490 g/mol. The highest BCUT2D eigenvalue weighted by Crippen LogP contribution is 2.13. The van der Waals surface area contributed by atoms with Crippen LogP contribution in [0.3, 0.4) is 0 Å². The highest BCUT2D eigenvalue weighted by atomic mass is 32.2. The van der Waals surface area contributed by atoms with E-state index in [4.69, 9.17) is 4.74 Å². The van der Waals surface area contributed by atoms with Gasteiger partial charge in [-0.05, 0) is 44.0 Å². The molecule has 0 spiro atoms. The Labute approximate surface area is 200 Å². The molecule has 0 atom stereocenters. The molecule has 0 aliphatic heterocycles. The topological polar surface area (TPSA) is 122 Å². The Morgan fingerprint density at radius 2 is 1.68 bits per heavy atom. The molecule has 0 unspecified atom stereocenters. The van der Waals surface area contributed by atoms with Crippen LogP contribution in [0, 0.1) is 13.8 Å². The monoisotopic (exact) mass is 489 g/mol. The van der Waals surface area contributed by atoms with E-state index in [0.29, 0.717) is 18.7 Å². The number of carbonyl (C=O) groups is 3. The van der Waals surface area contributed by atoms with E-state index in [0.717, 1.165) is 11.1 Å². The Morgan fingerprint density at radius 3 is 2.32 bits per heavy atom. The highest BCUT2D eigenvalue weighted by Gasteiger charge is 2.19. The Bertz CT molecular complexity index is 1100. The lowest BCUT2D eigenvalue weighted by atomic mass is 10.2. The lowest BCUT2D eigenvalue weighted by molar-refractivity contribution is -0.152. The summed E-state index contributed by atoms with van der Waals surface area (Å²) in [4.78, 5) is 38.3. The number of carbonyl (C=O) groups excluding carboxylic acids is 3. The maximum Gasteiger partial charge on any atom is 0.307 e. The number of sulfonamides is 1. The van der Waals surface area contributed by atoms with Gasteiger partial charge in [0.15, 0.2) is 6.61 Å². The summed E-state index contributed by atoms with van der Waals surface area (Å²) in [5, 5.41) is 2.77. The minimum absolute atomic E-state index is 0.0980. The second-order valence-corrected chi connectivity index (χ2v) is 9.57. The number of nitrogens with one attached hydrogen (secondary N) is 2. The minimum Gasteiger partial charge on any atom is -0.456 e. The molecule has 0 aliphatic carbocycles. The van der Waals surface area contributed by atoms with Gasteiger partial charge in [0.25, 0.3) is 5.91 Å². The number of amides is 2. The van der Waals surface area contributed by atoms with E-state index >= 15 is 0 Å². The van der Waals surface area contributed by atoms with Crippen LogP contribution < -0.4 is 10.0 Å². The zero-order valence-electron chi connectivity index (χ0n) is 19.7. The molecule has 0 bridgehead atoms. The van der Waals surface area contributed by atoms with E-state index in [1.54, 1.807) is 24.3 Å². The van der Waals surface area contributed by atoms with Crippen LogP contribution in [0.2, 0.25) is 0 Å². The van der Waals surface area contributed by atoms with Crippen LogP contribution >= 0.6 is 0 Å². The zero-order valence-corrected chi connectivity index (χ0v) is 20.5. The molecule has 10 heteroatoms. The SMILES string of the molecule is CCCN(CC(=O)Nc1ccccc1C)C(=O)COC(=O)CCNS(=O)(=O)c1ccc(C)cc1. The number of anilines is 1. The van der Waals surface area contributed by atoms with Gasteiger partial charge in [-0.3, -0.25) is 14.4 Å². The fraction of sp³-hybridized carbons (Fsp3) is 0.375. The van der Waals surface area contributed by atoms with Crippen molar-refractivity contribution in [1.82, 2.24) is 9.62 Å². The van der Waals surface area contributed by atoms with Crippen LogP contribution in [0.1, 0.15) is 30.9 Å². The molecule has 0 saturated carbocycles. The van der Waals surface area contributed by atoms with Gasteiger partial charge >= 0.3 is 5.97 Å². The summed E-state index contributed by atoms with van der Waals surface area (Å²) >= 11 is 0. The van der Waals surface area contributed by atoms with E-state index in [2.05, 4.69) is 10.0 Å². The van der Waals surface area contributed by atoms with Crippen LogP contribution in [0.4, 0.5) is 5.69 Å². The van der Waals surface area contributed by atoms with Crippen molar-refractivity contribution in [1.29, 1.82) is 0 Å². The summed E-state index contributed by atoms with van der Waals surface area (Å²) in [7, 11) is -3.74. The smallest absolute Gasteiger partial charge is 0.307 e. The van der Waals surface area contributed by atoms with Gasteiger partial charge in [-0.1, -0.05) is 42.8 Å². The summed E-state index contributed by atoms with van der Waals surface area (Å²) in [5.41, 5.74) is 2.49. The van der Waals surface area contributed by atoms with Crippen LogP contribution in [-0.4, -0.2) is 57.3 Å². The van der Waals surface area contributed by atoms with Crippen LogP contribution in [-0.2, 0) is 29.1 Å². The van der Waals surface area contributed by atoms with Crippen molar-refractivity contribution in [2.75, 3.05) is 31.6 Å². The molecule has 0 aromatic heterocycles. The number of benzene rings is 2. The molecule has 2 amide bonds. The minimum atomic E-state index is -3.74. The largest absolute Gasteiger partial charge is 0.456 e. The number of rotatable bonds is 12. The van der Waals surface area contributed by atoms with Gasteiger partial charge in [0.2, 0.25) is 15.9 Å². The molecule has 0 fully saturated rings. The third-order valence-electron chi connectivity index (χ3n) is 4.91. The van der Waals surface area contributed by atoms with E-state index in [1.807, 2.05) is 32.9 Å². The molecule has 34 heavy (non-hydrogen) atoms. The Morgan fingerprint density at radius 1 is 1.00 bits per heavy atom. The molecule has 0 saturated heterocycles. The molecule has 2 aromatic carbocycles. The molecule has 2 rings (SSSR count). The number of aryl methyl sites for hydroxylation is 2. The molecule has 184 valence electrons. The molecule has 2 aromatic rings. The lowest BCUT2D eigenvalue weighted by Crippen LogP contribution is -2.41. The Balaban J connectivity index is 1.80. The second kappa shape index (κ2) is 12.9. The van der Waals surface area contributed by atoms with Crippen molar-refractivity contribution < 1.29 is 27.5 Å². The quantitative estimate of drug-likeness (QED) is 0.442. The number of para-hydroxylation sites is 1. The maximum atomic E-state index is 12.5. The van der Waals surface area contributed by atoms with E-state index < -0.39 is 28.5 Å². The molecule has 0 radical (unpaired) electrons. The zero-order chi connectivity index (χ0) is 25.1. The highest BCUT2D eigenvalue weighted by molar-refractivity contribution is 7.89. The molecular weight excluding hydrogens is 458 g/mol. The summed E-state index contributed by atoms with van der Waals surface area (Å²) < 4.78 is 31.8. The van der Waals surface area contributed by atoms with Crippen LogP contribution in [0.15, 0.2) is 53.4 Å². The predicted octanol–water partition coefficient (Wildman–Crippen LogP) is 2.39. The normalized spacial score (nSPS) is 11.0. The molecular formula is C24H31N3O6S. The van der Waals surface area contributed by atoms with E-state index in [9.17, 15) is 22.8 Å². The summed E-state index contributed by atoms with van der Waals surface area (Å²) in [6, 6.07) is 13.6. The van der Waals surface area contributed by atoms with Crippen molar-refractivity contribution >= 4 is 33.5 Å². The first-order valence-electron chi connectivity index (χ1n) is 11.0. The summed E-state index contributed by atoms with van der Waals surface area (Å²) in [6.45, 7) is 5.04. The summed E-state index contributed by atoms with van der Waals surface area (Å²) in [6.07, 6.45) is 0.387. The number of esters is 1. The third-order valence-corrected chi connectivity index (χ3v) is 6.39. The van der Waals surface area contributed by atoms with Gasteiger partial charge in [-0.2, -0.15) is 0 Å². The molecule has 0 aliphatic rings. The summed E-state index contributed by atoms with van der Waals surface area (Å²) in [5.74, 6) is -1.58. The van der Waals surface area contributed by atoms with Crippen LogP contribution in [0.25, 0.3) is 0 Å². The maximum absolute atomic E-state index is 12.5. The van der Waals surface area contributed by atoms with Crippen molar-refractivity contribution in [2.24, 2.45) is 0 Å². The fourth-order valence-electron chi connectivity index (χ4n) is 3.03. The number of ether oxygens (including phenoxy) is 1. The van der Waals surface area contributed by atoms with Crippen LogP contribution in [0.5, 0.6) is 0 Å². The van der Waals surface area contributed by atoms with Gasteiger partial charge in [0, 0.05) is 18.8 Å². The Hall–Kier alpha value is -3.24. The molecule has 2 N–H and O–H groups in total. The third kappa shape index (κ3) is 8.60. The van der Waals surface area contributed by atoms with Gasteiger partial charge in [0.1, 0.15) is 0 Å². The molecule has 9 nitrogen and oxygen atoms in total. The number of hydrogen-bond donors (Lipinski definition) is 2. The van der Waals surface area contributed by atoms with E-state index in [1.165, 1.54) is 17.0 Å². The second-order valence-electron chi connectivity index (χ2n) is 7.80. The fourth-order valence-corrected chi connectivity index (χ4v) is 4.06. The first kappa shape index (κ1) is 27.0. The lowest BCUT2D eigenvalue weighted by Gasteiger charge is -2.21. The average Bonchev–Trinajstić information content (AvgIpc) is 2.79. The van der Waals surface area contributed by atoms with Crippen molar-refractivity contribution in [2.45, 2.75) is 38.5 Å². The first-order valence-corrected chi connectivity index (χ1v) is 12.5. The van der Waals surface area contributed by atoms with Gasteiger partial charge in [0.05, 0.1) is 17.9 Å². The number of hydrogen-bond acceptors (Lipinski definition) is 6. The van der Waals surface area contributed by atoms with Gasteiger partial charge < -0.3 is 15.0 Å². The van der Waals surface area contributed by atoms with E-state index in [-0.39, 0.29) is 30.3 Å². The predicted molar refractivity (Wildman–Crippen MR) is 129 cm³/mol. The van der Waals surface area contributed by atoms with Crippen molar-refractivity contribution in [3.63, 3.8) is 0 Å². The first-order chi connectivity index (χ1) is 16.1. The van der Waals surface area contributed by atoms with Crippen molar-refractivity contribution in [3.05, 3.63) is 59.7 Å². The van der Waals surface area contributed by atoms with Gasteiger partial charge in [-0.15, -0.1) is 0 Å². The standard InChI is InChI=1S/C24H31N3O6S/c1-4-15-27(16-22(28)26-21-8-6-5-7-19(21)3)23(29)17-33-24(30)13-14-25-34(31,32)20-11-9-18(2)10-12-20/h5-12,25H,4,13-17H2,1-3H3,(H,26,28). The Kier molecular flexibility index (Phi) is 10.2. The number of nitrogens with zero attached hydrogens (tertiary/aromatic N) is 1. The van der Waals surface area contributed by atoms with Gasteiger partial charge in [-0.25, -0.2) is 13.1 Å². The molecule has 0 heterocycles. The van der Waals surface area contributed by atoms with Crippen molar-refractivity contribution in [3.8, 4) is 0 Å².